The normalized spacial score (nSPS) is 16.4. The molecule has 1 aliphatic rings. The molecule has 1 amide bonds. The van der Waals surface area contributed by atoms with E-state index in [1.165, 1.54) is 37.4 Å². The molecule has 0 atom stereocenters. The molecule has 1 aromatic rings. The zero-order chi connectivity index (χ0) is 15.8. The molecule has 0 spiro atoms. The summed E-state index contributed by atoms with van der Waals surface area (Å²) >= 11 is 1.33. The van der Waals surface area contributed by atoms with Crippen LogP contribution in [0.3, 0.4) is 0 Å². The van der Waals surface area contributed by atoms with E-state index in [0.717, 1.165) is 25.7 Å². The standard InChI is InChI=1S/C15H26N4O2S/c1-2-3-10-19-14(21)17-18-15(19)22-11-13(20)16-12-8-6-4-5-7-9-12/h12H,2-11H2,1H3,(H,16,20)(H,17,21). The fourth-order valence-corrected chi connectivity index (χ4v) is 3.53. The van der Waals surface area contributed by atoms with Gasteiger partial charge in [-0.1, -0.05) is 50.8 Å². The first kappa shape index (κ1) is 17.1. The molecule has 0 unspecified atom stereocenters. The van der Waals surface area contributed by atoms with Gasteiger partial charge in [0.25, 0.3) is 0 Å². The maximum atomic E-state index is 12.1. The van der Waals surface area contributed by atoms with Gasteiger partial charge >= 0.3 is 5.69 Å². The number of aromatic amines is 1. The number of H-pyrrole nitrogens is 1. The molecular formula is C15H26N4O2S. The van der Waals surface area contributed by atoms with E-state index in [9.17, 15) is 9.59 Å². The Morgan fingerprint density at radius 3 is 2.77 bits per heavy atom. The molecule has 2 N–H and O–H groups in total. The van der Waals surface area contributed by atoms with Crippen molar-refractivity contribution in [2.45, 2.75) is 76.0 Å². The molecule has 1 heterocycles. The summed E-state index contributed by atoms with van der Waals surface area (Å²) in [5, 5.41) is 10.2. The molecule has 0 bridgehead atoms. The van der Waals surface area contributed by atoms with Gasteiger partial charge in [0.1, 0.15) is 0 Å². The number of hydrogen-bond acceptors (Lipinski definition) is 4. The number of unbranched alkanes of at least 4 members (excludes halogenated alkanes) is 1. The zero-order valence-electron chi connectivity index (χ0n) is 13.3. The highest BCUT2D eigenvalue weighted by Crippen LogP contribution is 2.18. The number of amides is 1. The minimum Gasteiger partial charge on any atom is -0.353 e. The Morgan fingerprint density at radius 2 is 2.09 bits per heavy atom. The van der Waals surface area contributed by atoms with Crippen LogP contribution < -0.4 is 11.0 Å². The average molecular weight is 326 g/mol. The predicted octanol–water partition coefficient (Wildman–Crippen LogP) is 2.30. The molecule has 1 fully saturated rings. The van der Waals surface area contributed by atoms with Crippen molar-refractivity contribution in [3.05, 3.63) is 10.5 Å². The summed E-state index contributed by atoms with van der Waals surface area (Å²) in [4.78, 5) is 23.7. The smallest absolute Gasteiger partial charge is 0.343 e. The molecular weight excluding hydrogens is 300 g/mol. The van der Waals surface area contributed by atoms with Crippen molar-refractivity contribution in [1.82, 2.24) is 20.1 Å². The lowest BCUT2D eigenvalue weighted by molar-refractivity contribution is -0.119. The highest BCUT2D eigenvalue weighted by Gasteiger charge is 2.16. The molecule has 6 nitrogen and oxygen atoms in total. The number of carbonyl (C=O) groups is 1. The fraction of sp³-hybridized carbons (Fsp3) is 0.800. The van der Waals surface area contributed by atoms with E-state index < -0.39 is 0 Å². The molecule has 2 rings (SSSR count). The topological polar surface area (TPSA) is 79.8 Å². The summed E-state index contributed by atoms with van der Waals surface area (Å²) in [6.07, 6.45) is 9.07. The Kier molecular flexibility index (Phi) is 7.02. The van der Waals surface area contributed by atoms with Crippen LogP contribution in [0.2, 0.25) is 0 Å². The van der Waals surface area contributed by atoms with Crippen LogP contribution in [0.1, 0.15) is 58.3 Å². The predicted molar refractivity (Wildman–Crippen MR) is 88.1 cm³/mol. The minimum absolute atomic E-state index is 0.0365. The number of hydrogen-bond donors (Lipinski definition) is 2. The third-order valence-corrected chi connectivity index (χ3v) is 4.99. The lowest BCUT2D eigenvalue weighted by atomic mass is 10.1. The highest BCUT2D eigenvalue weighted by molar-refractivity contribution is 7.99. The zero-order valence-corrected chi connectivity index (χ0v) is 14.1. The van der Waals surface area contributed by atoms with Crippen LogP contribution in [-0.2, 0) is 11.3 Å². The molecule has 0 saturated heterocycles. The summed E-state index contributed by atoms with van der Waals surface area (Å²) < 4.78 is 1.62. The van der Waals surface area contributed by atoms with E-state index in [1.807, 2.05) is 0 Å². The van der Waals surface area contributed by atoms with Gasteiger partial charge in [-0.15, -0.1) is 5.10 Å². The molecule has 1 saturated carbocycles. The van der Waals surface area contributed by atoms with E-state index in [-0.39, 0.29) is 11.6 Å². The van der Waals surface area contributed by atoms with Crippen molar-refractivity contribution >= 4 is 17.7 Å². The first-order valence-corrected chi connectivity index (χ1v) is 9.26. The van der Waals surface area contributed by atoms with Crippen LogP contribution in [-0.4, -0.2) is 32.5 Å². The minimum atomic E-state index is -0.194. The highest BCUT2D eigenvalue weighted by atomic mass is 32.2. The fourth-order valence-electron chi connectivity index (χ4n) is 2.75. The summed E-state index contributed by atoms with van der Waals surface area (Å²) in [5.41, 5.74) is -0.194. The Labute approximate surface area is 135 Å². The third-order valence-electron chi connectivity index (χ3n) is 4.01. The monoisotopic (exact) mass is 326 g/mol. The molecule has 1 aliphatic carbocycles. The maximum absolute atomic E-state index is 12.1. The van der Waals surface area contributed by atoms with Gasteiger partial charge in [-0.05, 0) is 19.3 Å². The van der Waals surface area contributed by atoms with E-state index in [4.69, 9.17) is 0 Å². The van der Waals surface area contributed by atoms with Crippen LogP contribution >= 0.6 is 11.8 Å². The van der Waals surface area contributed by atoms with Crippen molar-refractivity contribution in [3.63, 3.8) is 0 Å². The van der Waals surface area contributed by atoms with Gasteiger partial charge < -0.3 is 5.32 Å². The number of thioether (sulfide) groups is 1. The second kappa shape index (κ2) is 9.02. The largest absolute Gasteiger partial charge is 0.353 e. The van der Waals surface area contributed by atoms with Gasteiger partial charge in [0, 0.05) is 12.6 Å². The third kappa shape index (κ3) is 5.19. The SMILES string of the molecule is CCCCn1c(SCC(=O)NC2CCCCCC2)n[nH]c1=O. The lowest BCUT2D eigenvalue weighted by Crippen LogP contribution is -2.35. The van der Waals surface area contributed by atoms with Gasteiger partial charge in [0.15, 0.2) is 5.16 Å². The molecule has 0 aromatic carbocycles. The van der Waals surface area contributed by atoms with Gasteiger partial charge in [-0.2, -0.15) is 0 Å². The molecule has 0 radical (unpaired) electrons. The number of nitrogens with zero attached hydrogens (tertiary/aromatic N) is 2. The van der Waals surface area contributed by atoms with Crippen molar-refractivity contribution in [3.8, 4) is 0 Å². The first-order chi connectivity index (χ1) is 10.7. The molecule has 1 aromatic heterocycles. The van der Waals surface area contributed by atoms with Crippen molar-refractivity contribution in [2.75, 3.05) is 5.75 Å². The summed E-state index contributed by atoms with van der Waals surface area (Å²) in [6, 6.07) is 0.317. The summed E-state index contributed by atoms with van der Waals surface area (Å²) in [6.45, 7) is 2.73. The van der Waals surface area contributed by atoms with Crippen molar-refractivity contribution < 1.29 is 4.79 Å². The lowest BCUT2D eigenvalue weighted by Gasteiger charge is -2.15. The number of aromatic nitrogens is 3. The van der Waals surface area contributed by atoms with Crippen LogP contribution in [0, 0.1) is 0 Å². The Bertz CT molecular complexity index is 518. The second-order valence-corrected chi connectivity index (χ2v) is 6.80. The van der Waals surface area contributed by atoms with Crippen molar-refractivity contribution in [1.29, 1.82) is 0 Å². The number of nitrogens with one attached hydrogen (secondary N) is 2. The first-order valence-electron chi connectivity index (χ1n) is 8.28. The molecule has 124 valence electrons. The van der Waals surface area contributed by atoms with Crippen LogP contribution in [0.4, 0.5) is 0 Å². The van der Waals surface area contributed by atoms with E-state index >= 15 is 0 Å². The van der Waals surface area contributed by atoms with Crippen LogP contribution in [0.5, 0.6) is 0 Å². The van der Waals surface area contributed by atoms with Gasteiger partial charge in [-0.3, -0.25) is 9.36 Å². The van der Waals surface area contributed by atoms with E-state index in [0.29, 0.717) is 23.5 Å². The quantitative estimate of drug-likeness (QED) is 0.595. The number of carbonyl (C=O) groups excluding carboxylic acids is 1. The van der Waals surface area contributed by atoms with Crippen LogP contribution in [0.15, 0.2) is 9.95 Å². The van der Waals surface area contributed by atoms with Gasteiger partial charge in [-0.25, -0.2) is 9.89 Å². The van der Waals surface area contributed by atoms with Gasteiger partial charge in [0.05, 0.1) is 5.75 Å². The Balaban J connectivity index is 1.81. The molecule has 7 heteroatoms. The number of rotatable bonds is 7. The second-order valence-electron chi connectivity index (χ2n) is 5.86. The average Bonchev–Trinajstić information content (AvgIpc) is 2.70. The Hall–Kier alpha value is -1.24. The molecule has 0 aliphatic heterocycles. The van der Waals surface area contributed by atoms with Gasteiger partial charge in [0.2, 0.25) is 5.91 Å². The molecule has 22 heavy (non-hydrogen) atoms. The van der Waals surface area contributed by atoms with Crippen LogP contribution in [0.25, 0.3) is 0 Å². The Morgan fingerprint density at radius 1 is 1.36 bits per heavy atom. The summed E-state index contributed by atoms with van der Waals surface area (Å²) in [5.74, 6) is 0.349. The van der Waals surface area contributed by atoms with E-state index in [1.54, 1.807) is 4.57 Å². The van der Waals surface area contributed by atoms with E-state index in [2.05, 4.69) is 22.4 Å². The van der Waals surface area contributed by atoms with Crippen molar-refractivity contribution in [2.24, 2.45) is 0 Å². The summed E-state index contributed by atoms with van der Waals surface area (Å²) in [7, 11) is 0. The maximum Gasteiger partial charge on any atom is 0.343 e.